The van der Waals surface area contributed by atoms with E-state index in [1.54, 1.807) is 25.1 Å². The Morgan fingerprint density at radius 1 is 1.19 bits per heavy atom. The number of nitrogens with zero attached hydrogens (tertiary/aromatic N) is 2. The molecule has 3 aromatic heterocycles. The molecule has 0 unspecified atom stereocenters. The summed E-state index contributed by atoms with van der Waals surface area (Å²) < 4.78 is 10.1. The van der Waals surface area contributed by atoms with E-state index in [9.17, 15) is 4.79 Å². The van der Waals surface area contributed by atoms with E-state index in [4.69, 9.17) is 13.9 Å². The number of carbonyl (C=O) groups is 1. The molecule has 0 amide bonds. The number of H-pyrrole nitrogens is 1. The molecule has 108 valence electrons. The summed E-state index contributed by atoms with van der Waals surface area (Å²) >= 11 is 0. The van der Waals surface area contributed by atoms with E-state index < -0.39 is 5.97 Å². The van der Waals surface area contributed by atoms with Gasteiger partial charge in [-0.15, -0.1) is 0 Å². The third-order valence-corrected chi connectivity index (χ3v) is 3.03. The molecule has 21 heavy (non-hydrogen) atoms. The van der Waals surface area contributed by atoms with Gasteiger partial charge in [-0.3, -0.25) is 5.10 Å². The molecule has 3 rings (SSSR count). The van der Waals surface area contributed by atoms with Gasteiger partial charge in [0, 0.05) is 30.3 Å². The number of carboxylic acid groups (broad SMARTS) is 1. The van der Waals surface area contributed by atoms with E-state index in [1.807, 2.05) is 17.0 Å². The van der Waals surface area contributed by atoms with Crippen LogP contribution in [0.25, 0.3) is 0 Å². The Morgan fingerprint density at radius 3 is 2.24 bits per heavy atom. The first-order chi connectivity index (χ1) is 10.2. The molecular formula is C14H13N3O4. The van der Waals surface area contributed by atoms with Crippen LogP contribution in [0, 0.1) is 0 Å². The first-order valence-corrected chi connectivity index (χ1v) is 6.28. The largest absolute Gasteiger partial charge is 0.477 e. The summed E-state index contributed by atoms with van der Waals surface area (Å²) in [6.07, 6.45) is 6.48. The molecule has 2 N–H and O–H groups in total. The van der Waals surface area contributed by atoms with Crippen LogP contribution in [0.15, 0.2) is 52.1 Å². The number of hydrogen-bond acceptors (Lipinski definition) is 5. The lowest BCUT2D eigenvalue weighted by molar-refractivity contribution is 0.0690. The van der Waals surface area contributed by atoms with Gasteiger partial charge in [-0.2, -0.15) is 5.10 Å². The number of furan rings is 2. The highest BCUT2D eigenvalue weighted by atomic mass is 16.4. The average molecular weight is 287 g/mol. The fraction of sp³-hybridized carbons (Fsp3) is 0.143. The molecule has 7 nitrogen and oxygen atoms in total. The minimum absolute atomic E-state index is 0.0504. The topological polar surface area (TPSA) is 95.5 Å². The molecule has 3 aromatic rings. The zero-order valence-electron chi connectivity index (χ0n) is 11.0. The molecule has 0 aliphatic heterocycles. The predicted octanol–water partition coefficient (Wildman–Crippen LogP) is 2.50. The molecule has 0 saturated carbocycles. The molecule has 0 radical (unpaired) electrons. The SMILES string of the molecule is O=C(O)c1cc(N(Cc2ccoc2)Cc2ccoc2)n[nH]1. The monoisotopic (exact) mass is 287 g/mol. The van der Waals surface area contributed by atoms with Gasteiger partial charge < -0.3 is 18.8 Å². The van der Waals surface area contributed by atoms with Crippen molar-refractivity contribution >= 4 is 11.8 Å². The number of carboxylic acids is 1. The van der Waals surface area contributed by atoms with Crippen LogP contribution in [0.1, 0.15) is 21.6 Å². The molecule has 0 fully saturated rings. The molecule has 0 spiro atoms. The summed E-state index contributed by atoms with van der Waals surface area (Å²) in [5.74, 6) is -0.491. The van der Waals surface area contributed by atoms with Crippen LogP contribution in [0.2, 0.25) is 0 Å². The third-order valence-electron chi connectivity index (χ3n) is 3.03. The van der Waals surface area contributed by atoms with Crippen molar-refractivity contribution in [1.29, 1.82) is 0 Å². The highest BCUT2D eigenvalue weighted by Crippen LogP contribution is 2.19. The summed E-state index contributed by atoms with van der Waals surface area (Å²) in [7, 11) is 0. The fourth-order valence-electron chi connectivity index (χ4n) is 2.01. The van der Waals surface area contributed by atoms with Crippen molar-refractivity contribution in [2.75, 3.05) is 4.90 Å². The number of anilines is 1. The summed E-state index contributed by atoms with van der Waals surface area (Å²) in [5.41, 5.74) is 1.99. The molecule has 3 heterocycles. The third kappa shape index (κ3) is 2.97. The minimum Gasteiger partial charge on any atom is -0.477 e. The lowest BCUT2D eigenvalue weighted by Gasteiger charge is -2.20. The van der Waals surface area contributed by atoms with Gasteiger partial charge in [0.15, 0.2) is 5.82 Å². The zero-order valence-corrected chi connectivity index (χ0v) is 11.0. The molecular weight excluding hydrogens is 274 g/mol. The lowest BCUT2D eigenvalue weighted by Crippen LogP contribution is -2.22. The van der Waals surface area contributed by atoms with Crippen LogP contribution >= 0.6 is 0 Å². The molecule has 7 heteroatoms. The Balaban J connectivity index is 1.84. The molecule has 0 aliphatic rings. The van der Waals surface area contributed by atoms with E-state index in [-0.39, 0.29) is 5.69 Å². The average Bonchev–Trinajstić information content (AvgIpc) is 3.21. The van der Waals surface area contributed by atoms with Crippen molar-refractivity contribution in [2.45, 2.75) is 13.1 Å². The van der Waals surface area contributed by atoms with Crippen LogP contribution in [-0.4, -0.2) is 21.3 Å². The number of nitrogens with one attached hydrogen (secondary N) is 1. The number of aromatic carboxylic acids is 1. The Kier molecular flexibility index (Phi) is 3.46. The van der Waals surface area contributed by atoms with Gasteiger partial charge in [0.05, 0.1) is 25.1 Å². The van der Waals surface area contributed by atoms with Gasteiger partial charge in [0.2, 0.25) is 0 Å². The van der Waals surface area contributed by atoms with Crippen molar-refractivity contribution in [2.24, 2.45) is 0 Å². The lowest BCUT2D eigenvalue weighted by atomic mass is 10.2. The van der Waals surface area contributed by atoms with E-state index in [2.05, 4.69) is 10.2 Å². The first-order valence-electron chi connectivity index (χ1n) is 6.28. The zero-order chi connectivity index (χ0) is 14.7. The normalized spacial score (nSPS) is 10.7. The highest BCUT2D eigenvalue weighted by Gasteiger charge is 2.15. The number of aromatic amines is 1. The maximum atomic E-state index is 11.0. The van der Waals surface area contributed by atoms with Gasteiger partial charge >= 0.3 is 5.97 Å². The van der Waals surface area contributed by atoms with Crippen molar-refractivity contribution < 1.29 is 18.7 Å². The number of hydrogen-bond donors (Lipinski definition) is 2. The van der Waals surface area contributed by atoms with Crippen LogP contribution in [0.3, 0.4) is 0 Å². The highest BCUT2D eigenvalue weighted by molar-refractivity contribution is 5.86. The standard InChI is InChI=1S/C14H13N3O4/c18-14(19)12-5-13(16-15-12)17(6-10-1-3-20-8-10)7-11-2-4-21-9-11/h1-5,8-9H,6-7H2,(H,15,16)(H,18,19). The molecule has 0 saturated heterocycles. The van der Waals surface area contributed by atoms with Gasteiger partial charge in [-0.1, -0.05) is 0 Å². The first kappa shape index (κ1) is 13.0. The molecule has 0 aromatic carbocycles. The van der Waals surface area contributed by atoms with Crippen molar-refractivity contribution in [1.82, 2.24) is 10.2 Å². The van der Waals surface area contributed by atoms with Crippen molar-refractivity contribution in [3.8, 4) is 0 Å². The number of rotatable bonds is 6. The predicted molar refractivity (Wildman–Crippen MR) is 72.9 cm³/mol. The van der Waals surface area contributed by atoms with Gasteiger partial charge in [0.25, 0.3) is 0 Å². The summed E-state index contributed by atoms with van der Waals surface area (Å²) in [6, 6.07) is 5.21. The smallest absolute Gasteiger partial charge is 0.353 e. The summed E-state index contributed by atoms with van der Waals surface area (Å²) in [4.78, 5) is 12.9. The van der Waals surface area contributed by atoms with Gasteiger partial charge in [-0.05, 0) is 12.1 Å². The number of aromatic nitrogens is 2. The summed E-state index contributed by atoms with van der Waals surface area (Å²) in [6.45, 7) is 1.09. The van der Waals surface area contributed by atoms with E-state index in [0.29, 0.717) is 18.9 Å². The second kappa shape index (κ2) is 5.58. The van der Waals surface area contributed by atoms with Crippen molar-refractivity contribution in [3.63, 3.8) is 0 Å². The second-order valence-corrected chi connectivity index (χ2v) is 4.56. The van der Waals surface area contributed by atoms with Crippen LogP contribution in [0.4, 0.5) is 5.82 Å². The van der Waals surface area contributed by atoms with Gasteiger partial charge in [-0.25, -0.2) is 4.79 Å². The van der Waals surface area contributed by atoms with Crippen molar-refractivity contribution in [3.05, 3.63) is 60.1 Å². The van der Waals surface area contributed by atoms with E-state index in [1.165, 1.54) is 6.07 Å². The minimum atomic E-state index is -1.04. The molecule has 0 aliphatic carbocycles. The Labute approximate surface area is 119 Å². The van der Waals surface area contributed by atoms with E-state index in [0.717, 1.165) is 11.1 Å². The van der Waals surface area contributed by atoms with E-state index >= 15 is 0 Å². The Bertz CT molecular complexity index is 664. The van der Waals surface area contributed by atoms with Gasteiger partial charge in [0.1, 0.15) is 5.69 Å². The second-order valence-electron chi connectivity index (χ2n) is 4.56. The Hall–Kier alpha value is -2.96. The van der Waals surface area contributed by atoms with Crippen LogP contribution in [-0.2, 0) is 13.1 Å². The molecule has 0 atom stereocenters. The maximum Gasteiger partial charge on any atom is 0.353 e. The fourth-order valence-corrected chi connectivity index (χ4v) is 2.01. The summed E-state index contributed by atoms with van der Waals surface area (Å²) in [5, 5.41) is 15.5. The van der Waals surface area contributed by atoms with Crippen LogP contribution in [0.5, 0.6) is 0 Å². The quantitative estimate of drug-likeness (QED) is 0.723. The maximum absolute atomic E-state index is 11.0. The Morgan fingerprint density at radius 2 is 1.81 bits per heavy atom. The van der Waals surface area contributed by atoms with Crippen LogP contribution < -0.4 is 4.90 Å². The molecule has 0 bridgehead atoms.